The Morgan fingerprint density at radius 3 is 2.71 bits per heavy atom. The fourth-order valence-corrected chi connectivity index (χ4v) is 1.14. The standard InChI is InChI=1S/C10H15N3O/c11-5-6-13-10(14)7-8-3-1-2-4-9(8)12/h1-4H,5-7,11-12H2,(H,13,14). The molecule has 76 valence electrons. The van der Waals surface area contributed by atoms with Gasteiger partial charge < -0.3 is 16.8 Å². The van der Waals surface area contributed by atoms with Crippen LogP contribution >= 0.6 is 0 Å². The first-order valence-electron chi connectivity index (χ1n) is 4.54. The van der Waals surface area contributed by atoms with E-state index in [4.69, 9.17) is 11.5 Å². The number of hydrogen-bond acceptors (Lipinski definition) is 3. The molecule has 0 aliphatic rings. The number of amides is 1. The van der Waals surface area contributed by atoms with Gasteiger partial charge in [0.15, 0.2) is 0 Å². The number of nitrogens with one attached hydrogen (secondary N) is 1. The van der Waals surface area contributed by atoms with Gasteiger partial charge in [-0.25, -0.2) is 0 Å². The van der Waals surface area contributed by atoms with Gasteiger partial charge in [0.25, 0.3) is 0 Å². The summed E-state index contributed by atoms with van der Waals surface area (Å²) in [7, 11) is 0. The second-order valence-corrected chi connectivity index (χ2v) is 3.01. The fourth-order valence-electron chi connectivity index (χ4n) is 1.14. The van der Waals surface area contributed by atoms with Gasteiger partial charge in [0.1, 0.15) is 0 Å². The van der Waals surface area contributed by atoms with Gasteiger partial charge in [-0.05, 0) is 11.6 Å². The van der Waals surface area contributed by atoms with E-state index in [1.54, 1.807) is 6.07 Å². The average Bonchev–Trinajstić information content (AvgIpc) is 2.18. The molecule has 1 aromatic carbocycles. The molecule has 0 aromatic heterocycles. The van der Waals surface area contributed by atoms with Crippen molar-refractivity contribution >= 4 is 11.6 Å². The average molecular weight is 193 g/mol. The van der Waals surface area contributed by atoms with Crippen molar-refractivity contribution in [3.05, 3.63) is 29.8 Å². The zero-order valence-corrected chi connectivity index (χ0v) is 7.99. The van der Waals surface area contributed by atoms with Gasteiger partial charge in [-0.2, -0.15) is 0 Å². The third-order valence-corrected chi connectivity index (χ3v) is 1.87. The molecule has 0 spiro atoms. The minimum absolute atomic E-state index is 0.0478. The smallest absolute Gasteiger partial charge is 0.224 e. The third kappa shape index (κ3) is 3.06. The van der Waals surface area contributed by atoms with E-state index in [1.807, 2.05) is 18.2 Å². The lowest BCUT2D eigenvalue weighted by molar-refractivity contribution is -0.120. The van der Waals surface area contributed by atoms with Crippen molar-refractivity contribution in [1.82, 2.24) is 5.32 Å². The van der Waals surface area contributed by atoms with Gasteiger partial charge >= 0.3 is 0 Å². The maximum Gasteiger partial charge on any atom is 0.224 e. The van der Waals surface area contributed by atoms with Crippen molar-refractivity contribution in [3.8, 4) is 0 Å². The highest BCUT2D eigenvalue weighted by atomic mass is 16.1. The Morgan fingerprint density at radius 1 is 1.36 bits per heavy atom. The first-order valence-corrected chi connectivity index (χ1v) is 4.54. The molecule has 14 heavy (non-hydrogen) atoms. The molecule has 0 aliphatic carbocycles. The Kier molecular flexibility index (Phi) is 3.94. The molecular formula is C10H15N3O. The molecule has 0 atom stereocenters. The molecule has 0 unspecified atom stereocenters. The second-order valence-electron chi connectivity index (χ2n) is 3.01. The number of rotatable bonds is 4. The Hall–Kier alpha value is -1.55. The van der Waals surface area contributed by atoms with Crippen molar-refractivity contribution in [2.75, 3.05) is 18.8 Å². The van der Waals surface area contributed by atoms with E-state index < -0.39 is 0 Å². The number of nitrogen functional groups attached to an aromatic ring is 1. The zero-order valence-electron chi connectivity index (χ0n) is 7.99. The van der Waals surface area contributed by atoms with Gasteiger partial charge in [-0.15, -0.1) is 0 Å². The fraction of sp³-hybridized carbons (Fsp3) is 0.300. The molecule has 0 bridgehead atoms. The van der Waals surface area contributed by atoms with Crippen LogP contribution in [0.1, 0.15) is 5.56 Å². The molecule has 1 amide bonds. The van der Waals surface area contributed by atoms with Crippen LogP contribution in [0.25, 0.3) is 0 Å². The van der Waals surface area contributed by atoms with Crippen molar-refractivity contribution in [2.24, 2.45) is 5.73 Å². The largest absolute Gasteiger partial charge is 0.398 e. The molecule has 4 nitrogen and oxygen atoms in total. The summed E-state index contributed by atoms with van der Waals surface area (Å²) in [5, 5.41) is 2.69. The summed E-state index contributed by atoms with van der Waals surface area (Å²) in [6.45, 7) is 0.960. The van der Waals surface area contributed by atoms with Crippen molar-refractivity contribution in [1.29, 1.82) is 0 Å². The molecule has 0 aliphatic heterocycles. The molecule has 1 rings (SSSR count). The molecule has 0 fully saturated rings. The van der Waals surface area contributed by atoms with Crippen LogP contribution < -0.4 is 16.8 Å². The highest BCUT2D eigenvalue weighted by Crippen LogP contribution is 2.10. The van der Waals surface area contributed by atoms with Gasteiger partial charge in [0, 0.05) is 18.8 Å². The number of para-hydroxylation sites is 1. The van der Waals surface area contributed by atoms with Crippen LogP contribution in [0.4, 0.5) is 5.69 Å². The molecule has 0 saturated heterocycles. The van der Waals surface area contributed by atoms with Crippen molar-refractivity contribution in [2.45, 2.75) is 6.42 Å². The number of anilines is 1. The Bertz CT molecular complexity index is 312. The van der Waals surface area contributed by atoms with Gasteiger partial charge in [-0.1, -0.05) is 18.2 Å². The highest BCUT2D eigenvalue weighted by Gasteiger charge is 2.04. The predicted molar refractivity (Wildman–Crippen MR) is 56.6 cm³/mol. The van der Waals surface area contributed by atoms with E-state index in [2.05, 4.69) is 5.32 Å². The first kappa shape index (κ1) is 10.5. The van der Waals surface area contributed by atoms with Gasteiger partial charge in [0.05, 0.1) is 6.42 Å². The molecule has 0 radical (unpaired) electrons. The molecule has 0 saturated carbocycles. The quantitative estimate of drug-likeness (QED) is 0.583. The lowest BCUT2D eigenvalue weighted by atomic mass is 10.1. The zero-order chi connectivity index (χ0) is 10.4. The van der Waals surface area contributed by atoms with Crippen LogP contribution in [0, 0.1) is 0 Å². The minimum Gasteiger partial charge on any atom is -0.398 e. The number of hydrogen-bond donors (Lipinski definition) is 3. The minimum atomic E-state index is -0.0478. The van der Waals surface area contributed by atoms with E-state index in [-0.39, 0.29) is 5.91 Å². The highest BCUT2D eigenvalue weighted by molar-refractivity contribution is 5.80. The van der Waals surface area contributed by atoms with Crippen LogP contribution in [0.15, 0.2) is 24.3 Å². The molecular weight excluding hydrogens is 178 g/mol. The molecule has 5 N–H and O–H groups in total. The Morgan fingerprint density at radius 2 is 2.07 bits per heavy atom. The third-order valence-electron chi connectivity index (χ3n) is 1.87. The van der Waals surface area contributed by atoms with Crippen LogP contribution in [0.2, 0.25) is 0 Å². The summed E-state index contributed by atoms with van der Waals surface area (Å²) >= 11 is 0. The van der Waals surface area contributed by atoms with E-state index in [0.717, 1.165) is 5.56 Å². The normalized spacial score (nSPS) is 9.79. The topological polar surface area (TPSA) is 81.1 Å². The first-order chi connectivity index (χ1) is 6.74. The SMILES string of the molecule is NCCNC(=O)Cc1ccccc1N. The number of benzene rings is 1. The van der Waals surface area contributed by atoms with Crippen LogP contribution in [0.5, 0.6) is 0 Å². The number of carbonyl (C=O) groups is 1. The van der Waals surface area contributed by atoms with Gasteiger partial charge in [0.2, 0.25) is 5.91 Å². The predicted octanol–water partition coefficient (Wildman–Crippen LogP) is -0.114. The van der Waals surface area contributed by atoms with Crippen LogP contribution in [-0.2, 0) is 11.2 Å². The van der Waals surface area contributed by atoms with E-state index in [9.17, 15) is 4.79 Å². The monoisotopic (exact) mass is 193 g/mol. The van der Waals surface area contributed by atoms with E-state index in [0.29, 0.717) is 25.2 Å². The number of carbonyl (C=O) groups excluding carboxylic acids is 1. The lowest BCUT2D eigenvalue weighted by Gasteiger charge is -2.05. The van der Waals surface area contributed by atoms with E-state index >= 15 is 0 Å². The van der Waals surface area contributed by atoms with E-state index in [1.165, 1.54) is 0 Å². The molecule has 4 heteroatoms. The van der Waals surface area contributed by atoms with Crippen LogP contribution in [0.3, 0.4) is 0 Å². The summed E-state index contributed by atoms with van der Waals surface area (Å²) in [5.41, 5.74) is 12.5. The van der Waals surface area contributed by atoms with Crippen molar-refractivity contribution in [3.63, 3.8) is 0 Å². The maximum absolute atomic E-state index is 11.3. The molecule has 0 heterocycles. The Balaban J connectivity index is 2.52. The number of nitrogens with two attached hydrogens (primary N) is 2. The summed E-state index contributed by atoms with van der Waals surface area (Å²) in [6.07, 6.45) is 0.312. The maximum atomic E-state index is 11.3. The summed E-state index contributed by atoms with van der Waals surface area (Å²) in [4.78, 5) is 11.3. The summed E-state index contributed by atoms with van der Waals surface area (Å²) in [6, 6.07) is 7.33. The van der Waals surface area contributed by atoms with Gasteiger partial charge in [-0.3, -0.25) is 4.79 Å². The summed E-state index contributed by atoms with van der Waals surface area (Å²) < 4.78 is 0. The van der Waals surface area contributed by atoms with Crippen LogP contribution in [-0.4, -0.2) is 19.0 Å². The second kappa shape index (κ2) is 5.24. The van der Waals surface area contributed by atoms with Crippen molar-refractivity contribution < 1.29 is 4.79 Å². The lowest BCUT2D eigenvalue weighted by Crippen LogP contribution is -2.30. The summed E-state index contributed by atoms with van der Waals surface area (Å²) in [5.74, 6) is -0.0478. The molecule has 1 aromatic rings. The Labute approximate surface area is 83.3 Å².